The molecule has 116 valence electrons. The summed E-state index contributed by atoms with van der Waals surface area (Å²) in [6.45, 7) is 0.947. The van der Waals surface area contributed by atoms with Gasteiger partial charge < -0.3 is 15.1 Å². The molecular weight excluding hydrogens is 311 g/mol. The van der Waals surface area contributed by atoms with Crippen molar-refractivity contribution in [3.8, 4) is 0 Å². The number of rotatable bonds is 4. The monoisotopic (exact) mass is 330 g/mol. The van der Waals surface area contributed by atoms with Crippen LogP contribution in [0.4, 0.5) is 0 Å². The number of carbonyl (C=O) groups excluding carboxylic acids is 1. The fraction of sp³-hybridized carbons (Fsp3) is 0.429. The molecule has 0 spiro atoms. The Morgan fingerprint density at radius 2 is 1.76 bits per heavy atom. The summed E-state index contributed by atoms with van der Waals surface area (Å²) < 4.78 is 0. The van der Waals surface area contributed by atoms with Crippen LogP contribution in [0.25, 0.3) is 0 Å². The summed E-state index contributed by atoms with van der Waals surface area (Å²) in [6, 6.07) is 4.79. The third-order valence-electron chi connectivity index (χ3n) is 2.63. The summed E-state index contributed by atoms with van der Waals surface area (Å²) >= 11 is 11.7. The van der Waals surface area contributed by atoms with E-state index in [1.807, 2.05) is 38.0 Å². The second-order valence-corrected chi connectivity index (χ2v) is 5.67. The molecule has 1 N–H and O–H groups in total. The van der Waals surface area contributed by atoms with Crippen molar-refractivity contribution in [2.45, 2.75) is 0 Å². The number of carbonyl (C=O) groups is 1. The molecule has 0 aliphatic heterocycles. The van der Waals surface area contributed by atoms with Gasteiger partial charge in [-0.1, -0.05) is 23.2 Å². The van der Waals surface area contributed by atoms with Crippen LogP contribution in [0.2, 0.25) is 10.0 Å². The average molecular weight is 331 g/mol. The second kappa shape index (κ2) is 8.10. The summed E-state index contributed by atoms with van der Waals surface area (Å²) in [7, 11) is 7.69. The lowest BCUT2D eigenvalue weighted by Gasteiger charge is -2.22. The molecule has 7 heteroatoms. The highest BCUT2D eigenvalue weighted by atomic mass is 35.5. The molecule has 0 unspecified atom stereocenters. The van der Waals surface area contributed by atoms with Crippen molar-refractivity contribution in [2.24, 2.45) is 4.99 Å². The zero-order valence-electron chi connectivity index (χ0n) is 12.7. The molecule has 0 aliphatic carbocycles. The van der Waals surface area contributed by atoms with E-state index in [2.05, 4.69) is 10.3 Å². The average Bonchev–Trinajstić information content (AvgIpc) is 2.40. The van der Waals surface area contributed by atoms with Crippen molar-refractivity contribution in [3.05, 3.63) is 33.8 Å². The third kappa shape index (κ3) is 5.44. The van der Waals surface area contributed by atoms with Crippen LogP contribution in [0.3, 0.4) is 0 Å². The zero-order chi connectivity index (χ0) is 16.0. The highest BCUT2D eigenvalue weighted by molar-refractivity contribution is 6.42. The Balaban J connectivity index is 2.54. The van der Waals surface area contributed by atoms with E-state index in [1.165, 1.54) is 0 Å². The predicted octanol–water partition coefficient (Wildman–Crippen LogP) is 2.20. The summed E-state index contributed by atoms with van der Waals surface area (Å²) in [5, 5.41) is 3.59. The highest BCUT2D eigenvalue weighted by Crippen LogP contribution is 2.22. The number of hydrogen-bond donors (Lipinski definition) is 1. The zero-order valence-corrected chi connectivity index (χ0v) is 14.2. The molecular formula is C14H20Cl2N4O. The molecule has 0 bridgehead atoms. The van der Waals surface area contributed by atoms with E-state index in [0.29, 0.717) is 28.7 Å². The van der Waals surface area contributed by atoms with Crippen LogP contribution < -0.4 is 5.32 Å². The molecule has 1 aromatic carbocycles. The first-order valence-corrected chi connectivity index (χ1v) is 7.21. The maximum absolute atomic E-state index is 11.9. The van der Waals surface area contributed by atoms with Gasteiger partial charge in [-0.3, -0.25) is 9.79 Å². The van der Waals surface area contributed by atoms with Crippen LogP contribution in [0.1, 0.15) is 10.4 Å². The molecule has 1 aromatic rings. The van der Waals surface area contributed by atoms with E-state index < -0.39 is 0 Å². The molecule has 1 amide bonds. The first-order valence-electron chi connectivity index (χ1n) is 6.45. The maximum Gasteiger partial charge on any atom is 0.251 e. The van der Waals surface area contributed by atoms with Gasteiger partial charge in [0.1, 0.15) is 0 Å². The standard InChI is InChI=1S/C14H20Cl2N4O/c1-19(2)14(20(3)4)18-8-7-17-13(21)10-5-6-11(15)12(16)9-10/h5-6,9H,7-8H2,1-4H3,(H,17,21). The normalized spacial score (nSPS) is 10.0. The van der Waals surface area contributed by atoms with Crippen LogP contribution >= 0.6 is 23.2 Å². The van der Waals surface area contributed by atoms with Crippen molar-refractivity contribution in [1.82, 2.24) is 15.1 Å². The van der Waals surface area contributed by atoms with Gasteiger partial charge >= 0.3 is 0 Å². The van der Waals surface area contributed by atoms with Crippen molar-refractivity contribution in [1.29, 1.82) is 0 Å². The largest absolute Gasteiger partial charge is 0.350 e. The molecule has 0 atom stereocenters. The number of nitrogens with zero attached hydrogens (tertiary/aromatic N) is 3. The van der Waals surface area contributed by atoms with Gasteiger partial charge in [0.2, 0.25) is 0 Å². The van der Waals surface area contributed by atoms with Gasteiger partial charge in [-0.15, -0.1) is 0 Å². The van der Waals surface area contributed by atoms with Gasteiger partial charge in [0.05, 0.1) is 16.6 Å². The molecule has 0 radical (unpaired) electrons. The number of halogens is 2. The van der Waals surface area contributed by atoms with Crippen LogP contribution in [-0.4, -0.2) is 62.9 Å². The van der Waals surface area contributed by atoms with Crippen LogP contribution in [-0.2, 0) is 0 Å². The molecule has 5 nitrogen and oxygen atoms in total. The number of aliphatic imine (C=N–C) groups is 1. The van der Waals surface area contributed by atoms with E-state index in [1.54, 1.807) is 18.2 Å². The topological polar surface area (TPSA) is 47.9 Å². The fourth-order valence-electron chi connectivity index (χ4n) is 1.75. The predicted molar refractivity (Wildman–Crippen MR) is 88.5 cm³/mol. The quantitative estimate of drug-likeness (QED) is 0.523. The molecule has 0 fully saturated rings. The molecule has 0 heterocycles. The Morgan fingerprint density at radius 3 is 2.29 bits per heavy atom. The summed E-state index contributed by atoms with van der Waals surface area (Å²) in [6.07, 6.45) is 0. The number of guanidine groups is 1. The van der Waals surface area contributed by atoms with Gasteiger partial charge in [-0.05, 0) is 18.2 Å². The van der Waals surface area contributed by atoms with Gasteiger partial charge in [0.25, 0.3) is 5.91 Å². The SMILES string of the molecule is CN(C)C(=NCCNC(=O)c1ccc(Cl)c(Cl)c1)N(C)C. The minimum atomic E-state index is -0.194. The summed E-state index contributed by atoms with van der Waals surface area (Å²) in [5.41, 5.74) is 0.480. The fourth-order valence-corrected chi connectivity index (χ4v) is 2.05. The molecule has 21 heavy (non-hydrogen) atoms. The smallest absolute Gasteiger partial charge is 0.251 e. The van der Waals surface area contributed by atoms with Crippen molar-refractivity contribution in [3.63, 3.8) is 0 Å². The first-order chi connectivity index (χ1) is 9.82. The van der Waals surface area contributed by atoms with E-state index in [-0.39, 0.29) is 5.91 Å². The summed E-state index contributed by atoms with van der Waals surface area (Å²) in [5.74, 6) is 0.652. The van der Waals surface area contributed by atoms with Crippen LogP contribution in [0.5, 0.6) is 0 Å². The lowest BCUT2D eigenvalue weighted by atomic mass is 10.2. The number of nitrogens with one attached hydrogen (secondary N) is 1. The molecule has 0 saturated heterocycles. The van der Waals surface area contributed by atoms with Crippen LogP contribution in [0, 0.1) is 0 Å². The second-order valence-electron chi connectivity index (χ2n) is 4.86. The van der Waals surface area contributed by atoms with Crippen LogP contribution in [0.15, 0.2) is 23.2 Å². The maximum atomic E-state index is 11.9. The number of amides is 1. The van der Waals surface area contributed by atoms with Gasteiger partial charge in [-0.2, -0.15) is 0 Å². The van der Waals surface area contributed by atoms with E-state index in [0.717, 1.165) is 5.96 Å². The van der Waals surface area contributed by atoms with Gasteiger partial charge in [0.15, 0.2) is 5.96 Å². The Bertz CT molecular complexity index is 520. The van der Waals surface area contributed by atoms with Crippen molar-refractivity contribution in [2.75, 3.05) is 41.3 Å². The Kier molecular flexibility index (Phi) is 6.78. The van der Waals surface area contributed by atoms with Crippen molar-refractivity contribution >= 4 is 35.1 Å². The highest BCUT2D eigenvalue weighted by Gasteiger charge is 2.08. The van der Waals surface area contributed by atoms with E-state index >= 15 is 0 Å². The lowest BCUT2D eigenvalue weighted by Crippen LogP contribution is -2.36. The van der Waals surface area contributed by atoms with E-state index in [4.69, 9.17) is 23.2 Å². The van der Waals surface area contributed by atoms with E-state index in [9.17, 15) is 4.79 Å². The molecule has 1 rings (SSSR count). The Labute approximate surface area is 135 Å². The number of hydrogen-bond acceptors (Lipinski definition) is 2. The minimum absolute atomic E-state index is 0.194. The first kappa shape index (κ1) is 17.6. The lowest BCUT2D eigenvalue weighted by molar-refractivity contribution is 0.0955. The summed E-state index contributed by atoms with van der Waals surface area (Å²) in [4.78, 5) is 20.2. The van der Waals surface area contributed by atoms with Gasteiger partial charge in [-0.25, -0.2) is 0 Å². The Hall–Kier alpha value is -1.46. The third-order valence-corrected chi connectivity index (χ3v) is 3.37. The van der Waals surface area contributed by atoms with Crippen molar-refractivity contribution < 1.29 is 4.79 Å². The minimum Gasteiger partial charge on any atom is -0.350 e. The molecule has 0 aliphatic rings. The molecule has 0 aromatic heterocycles. The number of benzene rings is 1. The van der Waals surface area contributed by atoms with Gasteiger partial charge in [0, 0.05) is 40.3 Å². The Morgan fingerprint density at radius 1 is 1.14 bits per heavy atom. The molecule has 0 saturated carbocycles.